The fraction of sp³-hybridized carbons (Fsp3) is 0.219. The number of thiophene rings is 1. The third kappa shape index (κ3) is 5.41. The molecule has 204 valence electrons. The molecule has 0 aliphatic heterocycles. The molecule has 0 saturated carbocycles. The van der Waals surface area contributed by atoms with Crippen LogP contribution in [0.2, 0.25) is 0 Å². The highest BCUT2D eigenvalue weighted by atomic mass is 32.2. The van der Waals surface area contributed by atoms with Crippen LogP contribution in [0, 0.1) is 17.2 Å². The maximum absolute atomic E-state index is 13.0. The van der Waals surface area contributed by atoms with Crippen molar-refractivity contribution in [3.05, 3.63) is 89.3 Å². The third-order valence-electron chi connectivity index (χ3n) is 7.26. The average molecular weight is 577 g/mol. The lowest BCUT2D eigenvalue weighted by Gasteiger charge is -2.17. The van der Waals surface area contributed by atoms with Crippen molar-refractivity contribution in [2.75, 3.05) is 11.1 Å². The largest absolute Gasteiger partial charge is 0.316 e. The van der Waals surface area contributed by atoms with E-state index in [-0.39, 0.29) is 11.7 Å². The van der Waals surface area contributed by atoms with Gasteiger partial charge in [-0.05, 0) is 42.9 Å². The summed E-state index contributed by atoms with van der Waals surface area (Å²) < 4.78 is 1.98. The fourth-order valence-electron chi connectivity index (χ4n) is 5.26. The Kier molecular flexibility index (Phi) is 7.68. The first-order valence-electron chi connectivity index (χ1n) is 13.5. The molecule has 0 fully saturated rings. The van der Waals surface area contributed by atoms with Crippen LogP contribution in [0.4, 0.5) is 5.00 Å². The number of nitrogens with one attached hydrogen (secondary N) is 1. The number of pyridine rings is 1. The predicted molar refractivity (Wildman–Crippen MR) is 166 cm³/mol. The van der Waals surface area contributed by atoms with Gasteiger partial charge in [-0.2, -0.15) is 5.26 Å². The van der Waals surface area contributed by atoms with E-state index >= 15 is 0 Å². The average Bonchev–Trinajstić information content (AvgIpc) is 3.55. The Balaban J connectivity index is 1.28. The number of nitriles is 1. The Hall–Kier alpha value is -4.26. The first-order chi connectivity index (χ1) is 20.1. The lowest BCUT2D eigenvalue weighted by molar-refractivity contribution is -0.113. The quantitative estimate of drug-likeness (QED) is 0.156. The zero-order valence-corrected chi connectivity index (χ0v) is 24.3. The molecule has 0 radical (unpaired) electrons. The molecule has 3 heterocycles. The maximum Gasteiger partial charge on any atom is 0.235 e. The number of carbonyl (C=O) groups is 1. The zero-order chi connectivity index (χ0) is 28.3. The van der Waals surface area contributed by atoms with Gasteiger partial charge in [0.25, 0.3) is 0 Å². The van der Waals surface area contributed by atoms with Gasteiger partial charge in [-0.15, -0.1) is 28.1 Å². The number of hydrogen-bond donors (Lipinski definition) is 1. The summed E-state index contributed by atoms with van der Waals surface area (Å²) in [6.07, 6.45) is 4.73. The Morgan fingerprint density at radius 3 is 2.83 bits per heavy atom. The smallest absolute Gasteiger partial charge is 0.235 e. The maximum atomic E-state index is 13.0. The number of rotatable bonds is 8. The number of thioether (sulfide) groups is 1. The number of nitrogens with zero attached hydrogens (tertiary/aromatic N) is 5. The van der Waals surface area contributed by atoms with Gasteiger partial charge in [-0.3, -0.25) is 9.36 Å². The first kappa shape index (κ1) is 26.9. The lowest BCUT2D eigenvalue weighted by Crippen LogP contribution is -2.15. The summed E-state index contributed by atoms with van der Waals surface area (Å²) in [5, 5.41) is 24.1. The highest BCUT2D eigenvalue weighted by Gasteiger charge is 2.25. The van der Waals surface area contributed by atoms with E-state index in [1.165, 1.54) is 28.0 Å². The van der Waals surface area contributed by atoms with Gasteiger partial charge >= 0.3 is 0 Å². The van der Waals surface area contributed by atoms with Gasteiger partial charge in [0.2, 0.25) is 5.91 Å². The minimum absolute atomic E-state index is 0.144. The number of allylic oxidation sites excluding steroid dienone is 1. The van der Waals surface area contributed by atoms with Crippen molar-refractivity contribution in [1.82, 2.24) is 19.7 Å². The van der Waals surface area contributed by atoms with Crippen LogP contribution >= 0.6 is 23.1 Å². The predicted octanol–water partition coefficient (Wildman–Crippen LogP) is 7.14. The summed E-state index contributed by atoms with van der Waals surface area (Å²) in [5.74, 6) is 1.26. The number of amides is 1. The van der Waals surface area contributed by atoms with E-state index < -0.39 is 0 Å². The molecule has 1 amide bonds. The van der Waals surface area contributed by atoms with Crippen LogP contribution in [0.5, 0.6) is 0 Å². The Bertz CT molecular complexity index is 1800. The molecule has 2 aromatic carbocycles. The molecule has 5 aromatic rings. The van der Waals surface area contributed by atoms with Crippen molar-refractivity contribution in [1.29, 1.82) is 5.26 Å². The summed E-state index contributed by atoms with van der Waals surface area (Å²) in [4.78, 5) is 19.2. The minimum atomic E-state index is -0.173. The number of carbonyl (C=O) groups excluding carboxylic acids is 1. The van der Waals surface area contributed by atoms with Crippen LogP contribution in [0.1, 0.15) is 29.3 Å². The topological polar surface area (TPSA) is 96.5 Å². The van der Waals surface area contributed by atoms with E-state index in [4.69, 9.17) is 4.98 Å². The van der Waals surface area contributed by atoms with Crippen LogP contribution in [0.3, 0.4) is 0 Å². The molecule has 1 N–H and O–H groups in total. The van der Waals surface area contributed by atoms with Crippen molar-refractivity contribution in [2.24, 2.45) is 5.92 Å². The van der Waals surface area contributed by atoms with Gasteiger partial charge < -0.3 is 5.32 Å². The van der Waals surface area contributed by atoms with Gasteiger partial charge in [0.05, 0.1) is 22.5 Å². The molecular weight excluding hydrogens is 549 g/mol. The number of aromatic nitrogens is 4. The second kappa shape index (κ2) is 11.7. The SMILES string of the molecule is C=CCn1c(SCC(=O)Nc2sc3c(c2C#N)CCC(C)C3)nnc1-c1cc(-c2ccccc2)nc2ccccc12. The molecule has 1 unspecified atom stereocenters. The van der Waals surface area contributed by atoms with Gasteiger partial charge in [-0.25, -0.2) is 4.98 Å². The molecule has 0 spiro atoms. The molecule has 7 nitrogen and oxygen atoms in total. The molecule has 1 atom stereocenters. The summed E-state index contributed by atoms with van der Waals surface area (Å²) in [6, 6.07) is 22.4. The van der Waals surface area contributed by atoms with Crippen LogP contribution in [0.25, 0.3) is 33.5 Å². The molecule has 0 bridgehead atoms. The van der Waals surface area contributed by atoms with Gasteiger partial charge in [0, 0.05) is 27.9 Å². The highest BCUT2D eigenvalue weighted by molar-refractivity contribution is 7.99. The molecule has 1 aliphatic carbocycles. The van der Waals surface area contributed by atoms with Crippen molar-refractivity contribution in [3.63, 3.8) is 0 Å². The highest BCUT2D eigenvalue weighted by Crippen LogP contribution is 2.39. The van der Waals surface area contributed by atoms with Crippen LogP contribution < -0.4 is 5.32 Å². The molecule has 0 saturated heterocycles. The minimum Gasteiger partial charge on any atom is -0.316 e. The van der Waals surface area contributed by atoms with Gasteiger partial charge in [-0.1, -0.05) is 73.3 Å². The van der Waals surface area contributed by atoms with Crippen LogP contribution in [-0.2, 0) is 24.2 Å². The van der Waals surface area contributed by atoms with Crippen LogP contribution in [0.15, 0.2) is 78.5 Å². The van der Waals surface area contributed by atoms with Crippen molar-refractivity contribution in [3.8, 4) is 28.7 Å². The number of fused-ring (bicyclic) bond motifs is 2. The summed E-state index contributed by atoms with van der Waals surface area (Å²) in [6.45, 7) is 6.65. The molecule has 41 heavy (non-hydrogen) atoms. The van der Waals surface area contributed by atoms with E-state index in [0.717, 1.165) is 52.5 Å². The lowest BCUT2D eigenvalue weighted by atomic mass is 9.89. The normalized spacial score (nSPS) is 14.4. The van der Waals surface area contributed by atoms with Crippen molar-refractivity contribution < 1.29 is 4.79 Å². The van der Waals surface area contributed by atoms with Gasteiger partial charge in [0.15, 0.2) is 11.0 Å². The van der Waals surface area contributed by atoms with Crippen LogP contribution in [-0.4, -0.2) is 31.4 Å². The van der Waals surface area contributed by atoms with Crippen molar-refractivity contribution in [2.45, 2.75) is 37.9 Å². The first-order valence-corrected chi connectivity index (χ1v) is 15.3. The van der Waals surface area contributed by atoms with E-state index in [9.17, 15) is 10.1 Å². The van der Waals surface area contributed by atoms with E-state index in [1.54, 1.807) is 6.08 Å². The standard InChI is InChI=1S/C32H28N6OS2/c1-3-15-38-30(24-17-27(21-9-5-4-6-10-21)34-26-12-8-7-11-22(24)26)36-37-32(38)40-19-29(39)35-31-25(18-33)23-14-13-20(2)16-28(23)41-31/h3-12,17,20H,1,13-16,19H2,2H3,(H,35,39). The Morgan fingerprint density at radius 1 is 1.22 bits per heavy atom. The second-order valence-electron chi connectivity index (χ2n) is 10.1. The van der Waals surface area contributed by atoms with Crippen molar-refractivity contribution >= 4 is 44.9 Å². The summed E-state index contributed by atoms with van der Waals surface area (Å²) in [7, 11) is 0. The number of hydrogen-bond acceptors (Lipinski definition) is 7. The Labute approximate surface area is 247 Å². The summed E-state index contributed by atoms with van der Waals surface area (Å²) >= 11 is 2.86. The van der Waals surface area contributed by atoms with Gasteiger partial charge in [0.1, 0.15) is 11.1 Å². The molecule has 6 rings (SSSR count). The third-order valence-corrected chi connectivity index (χ3v) is 9.40. The molecule has 1 aliphatic rings. The summed E-state index contributed by atoms with van der Waals surface area (Å²) in [5.41, 5.74) is 5.37. The van der Waals surface area contributed by atoms with E-state index in [0.29, 0.717) is 34.0 Å². The molecule has 9 heteroatoms. The fourth-order valence-corrected chi connectivity index (χ4v) is 7.38. The second-order valence-corrected chi connectivity index (χ2v) is 12.2. The number of anilines is 1. The zero-order valence-electron chi connectivity index (χ0n) is 22.6. The molecular formula is C32H28N6OS2. The monoisotopic (exact) mass is 576 g/mol. The van der Waals surface area contributed by atoms with E-state index in [2.05, 4.69) is 35.1 Å². The number of para-hydroxylation sites is 1. The number of benzene rings is 2. The van der Waals surface area contributed by atoms with E-state index in [1.807, 2.05) is 65.2 Å². The Morgan fingerprint density at radius 2 is 2.02 bits per heavy atom. The molecule has 3 aromatic heterocycles.